The second-order valence-corrected chi connectivity index (χ2v) is 9.43. The fourth-order valence-corrected chi connectivity index (χ4v) is 4.47. The van der Waals surface area contributed by atoms with Gasteiger partial charge in [-0.1, -0.05) is 25.4 Å². The standard InChI is InChI=1S/C25H27ClN4O5/c1-13(2)28-17-7-3-14(4-8-17)23(31)30-21-18-11-15(25(33)34)5-9-19(18)35-22(21)24(32)29-20-10-6-16(26)12-27-20/h5-6,9-14,17,28H,3-4,7-8H2,1-2H3,(H,30,31)(H,33,34)(H,27,29,32)/t14-,17-. The summed E-state index contributed by atoms with van der Waals surface area (Å²) in [6, 6.07) is 8.10. The molecular formula is C25H27ClN4O5. The molecule has 1 fully saturated rings. The molecule has 1 aliphatic carbocycles. The maximum atomic E-state index is 13.2. The van der Waals surface area contributed by atoms with Crippen molar-refractivity contribution in [3.05, 3.63) is 52.9 Å². The van der Waals surface area contributed by atoms with Crippen LogP contribution in [0.25, 0.3) is 11.0 Å². The van der Waals surface area contributed by atoms with Gasteiger partial charge in [-0.25, -0.2) is 9.78 Å². The maximum Gasteiger partial charge on any atom is 0.335 e. The molecule has 3 aromatic rings. The highest BCUT2D eigenvalue weighted by Gasteiger charge is 2.29. The summed E-state index contributed by atoms with van der Waals surface area (Å²) in [4.78, 5) is 41.8. The quantitative estimate of drug-likeness (QED) is 0.363. The first-order valence-electron chi connectivity index (χ1n) is 11.5. The number of carboxylic acid groups (broad SMARTS) is 1. The van der Waals surface area contributed by atoms with E-state index in [9.17, 15) is 19.5 Å². The summed E-state index contributed by atoms with van der Waals surface area (Å²) in [6.45, 7) is 4.20. The number of aromatic carboxylic acids is 1. The van der Waals surface area contributed by atoms with Crippen molar-refractivity contribution in [2.24, 2.45) is 5.92 Å². The van der Waals surface area contributed by atoms with E-state index in [1.165, 1.54) is 30.5 Å². The van der Waals surface area contributed by atoms with E-state index < -0.39 is 11.9 Å². The summed E-state index contributed by atoms with van der Waals surface area (Å²) < 4.78 is 5.76. The monoisotopic (exact) mass is 498 g/mol. The SMILES string of the molecule is CC(C)N[C@H]1CC[C@H](C(=O)Nc2c(C(=O)Nc3ccc(Cl)cn3)oc3ccc(C(=O)O)cc23)CC1. The van der Waals surface area contributed by atoms with Gasteiger partial charge < -0.3 is 25.5 Å². The van der Waals surface area contributed by atoms with E-state index in [4.69, 9.17) is 16.0 Å². The number of carbonyl (C=O) groups excluding carboxylic acids is 2. The maximum absolute atomic E-state index is 13.2. The molecule has 0 atom stereocenters. The van der Waals surface area contributed by atoms with Crippen LogP contribution in [0.1, 0.15) is 60.4 Å². The first-order valence-corrected chi connectivity index (χ1v) is 11.9. The summed E-state index contributed by atoms with van der Waals surface area (Å²) in [5, 5.41) is 19.2. The van der Waals surface area contributed by atoms with Crippen LogP contribution >= 0.6 is 11.6 Å². The van der Waals surface area contributed by atoms with Crippen LogP contribution in [0.5, 0.6) is 0 Å². The summed E-state index contributed by atoms with van der Waals surface area (Å²) in [5.41, 5.74) is 0.437. The second kappa shape index (κ2) is 10.5. The number of carbonyl (C=O) groups is 3. The van der Waals surface area contributed by atoms with E-state index in [0.29, 0.717) is 35.3 Å². The van der Waals surface area contributed by atoms with Gasteiger partial charge in [0, 0.05) is 29.6 Å². The van der Waals surface area contributed by atoms with E-state index >= 15 is 0 Å². The van der Waals surface area contributed by atoms with Crippen LogP contribution in [0.2, 0.25) is 5.02 Å². The first-order chi connectivity index (χ1) is 16.7. The molecule has 1 saturated carbocycles. The molecule has 35 heavy (non-hydrogen) atoms. The van der Waals surface area contributed by atoms with E-state index in [1.807, 2.05) is 0 Å². The fourth-order valence-electron chi connectivity index (χ4n) is 4.36. The molecule has 1 aliphatic rings. The normalized spacial score (nSPS) is 17.9. The van der Waals surface area contributed by atoms with Crippen LogP contribution in [0.3, 0.4) is 0 Å². The minimum Gasteiger partial charge on any atom is -0.478 e. The summed E-state index contributed by atoms with van der Waals surface area (Å²) in [6.07, 6.45) is 4.57. The minimum atomic E-state index is -1.13. The van der Waals surface area contributed by atoms with Crippen LogP contribution in [-0.4, -0.2) is 40.0 Å². The number of furan rings is 1. The number of rotatable bonds is 7. The highest BCUT2D eigenvalue weighted by atomic mass is 35.5. The van der Waals surface area contributed by atoms with E-state index in [1.54, 1.807) is 6.07 Å². The van der Waals surface area contributed by atoms with Gasteiger partial charge >= 0.3 is 5.97 Å². The number of aromatic nitrogens is 1. The Hall–Kier alpha value is -3.43. The van der Waals surface area contributed by atoms with Crippen LogP contribution in [0, 0.1) is 5.92 Å². The van der Waals surface area contributed by atoms with Crippen molar-refractivity contribution in [3.63, 3.8) is 0 Å². The third kappa shape index (κ3) is 5.80. The summed E-state index contributed by atoms with van der Waals surface area (Å²) in [7, 11) is 0. The van der Waals surface area contributed by atoms with Gasteiger partial charge in [-0.15, -0.1) is 0 Å². The van der Waals surface area contributed by atoms with Gasteiger partial charge in [0.25, 0.3) is 5.91 Å². The zero-order chi connectivity index (χ0) is 25.1. The number of fused-ring (bicyclic) bond motifs is 1. The molecule has 10 heteroatoms. The molecule has 0 unspecified atom stereocenters. The number of hydrogen-bond donors (Lipinski definition) is 4. The van der Waals surface area contributed by atoms with E-state index in [-0.39, 0.29) is 40.2 Å². The van der Waals surface area contributed by atoms with Crippen molar-refractivity contribution in [3.8, 4) is 0 Å². The number of pyridine rings is 1. The molecule has 2 aromatic heterocycles. The molecule has 0 saturated heterocycles. The van der Waals surface area contributed by atoms with E-state index in [0.717, 1.165) is 12.8 Å². The van der Waals surface area contributed by atoms with Gasteiger partial charge in [-0.2, -0.15) is 0 Å². The van der Waals surface area contributed by atoms with Crippen LogP contribution in [0.15, 0.2) is 40.9 Å². The number of carboxylic acids is 1. The third-order valence-corrected chi connectivity index (χ3v) is 6.25. The zero-order valence-corrected chi connectivity index (χ0v) is 20.2. The van der Waals surface area contributed by atoms with Crippen molar-refractivity contribution < 1.29 is 23.9 Å². The molecule has 2 heterocycles. The van der Waals surface area contributed by atoms with Gasteiger partial charge in [0.15, 0.2) is 0 Å². The van der Waals surface area contributed by atoms with Gasteiger partial charge in [-0.05, 0) is 56.0 Å². The number of nitrogens with zero attached hydrogens (tertiary/aromatic N) is 1. The Balaban J connectivity index is 1.60. The Kier molecular flexibility index (Phi) is 7.37. The van der Waals surface area contributed by atoms with Crippen LogP contribution < -0.4 is 16.0 Å². The van der Waals surface area contributed by atoms with Gasteiger partial charge in [0.2, 0.25) is 11.7 Å². The summed E-state index contributed by atoms with van der Waals surface area (Å²) in [5.74, 6) is -2.09. The van der Waals surface area contributed by atoms with Crippen LogP contribution in [0.4, 0.5) is 11.5 Å². The predicted octanol–water partition coefficient (Wildman–Crippen LogP) is 4.93. The lowest BCUT2D eigenvalue weighted by Gasteiger charge is -2.29. The number of benzene rings is 1. The molecule has 1 aromatic carbocycles. The average Bonchev–Trinajstić information content (AvgIpc) is 3.18. The van der Waals surface area contributed by atoms with Crippen molar-refractivity contribution in [2.45, 2.75) is 51.6 Å². The van der Waals surface area contributed by atoms with Crippen molar-refractivity contribution >= 4 is 51.9 Å². The largest absolute Gasteiger partial charge is 0.478 e. The lowest BCUT2D eigenvalue weighted by atomic mass is 9.85. The Morgan fingerprint density at radius 3 is 2.46 bits per heavy atom. The Morgan fingerprint density at radius 1 is 1.09 bits per heavy atom. The van der Waals surface area contributed by atoms with Crippen molar-refractivity contribution in [2.75, 3.05) is 10.6 Å². The smallest absolute Gasteiger partial charge is 0.335 e. The van der Waals surface area contributed by atoms with Gasteiger partial charge in [0.05, 0.1) is 10.6 Å². The van der Waals surface area contributed by atoms with Gasteiger partial charge in [-0.3, -0.25) is 9.59 Å². The Bertz CT molecular complexity index is 1250. The molecule has 2 amide bonds. The molecular weight excluding hydrogens is 472 g/mol. The van der Waals surface area contributed by atoms with Crippen LogP contribution in [-0.2, 0) is 4.79 Å². The topological polar surface area (TPSA) is 134 Å². The number of hydrogen-bond acceptors (Lipinski definition) is 6. The third-order valence-electron chi connectivity index (χ3n) is 6.03. The lowest BCUT2D eigenvalue weighted by Crippen LogP contribution is -2.39. The van der Waals surface area contributed by atoms with E-state index in [2.05, 4.69) is 34.8 Å². The second-order valence-electron chi connectivity index (χ2n) is 9.00. The molecule has 184 valence electrons. The first kappa shape index (κ1) is 24.7. The average molecular weight is 499 g/mol. The molecule has 0 radical (unpaired) electrons. The minimum absolute atomic E-state index is 0.0143. The molecule has 9 nitrogen and oxygen atoms in total. The fraction of sp³-hybridized carbons (Fsp3) is 0.360. The molecule has 4 rings (SSSR count). The number of nitrogens with one attached hydrogen (secondary N) is 3. The number of halogens is 1. The Labute approximate surface area is 207 Å². The molecule has 0 bridgehead atoms. The molecule has 0 spiro atoms. The Morgan fingerprint density at radius 2 is 1.83 bits per heavy atom. The van der Waals surface area contributed by atoms with Crippen molar-refractivity contribution in [1.29, 1.82) is 0 Å². The molecule has 4 N–H and O–H groups in total. The number of amides is 2. The molecule has 0 aliphatic heterocycles. The van der Waals surface area contributed by atoms with Gasteiger partial charge in [0.1, 0.15) is 17.1 Å². The van der Waals surface area contributed by atoms with Crippen molar-refractivity contribution in [1.82, 2.24) is 10.3 Å². The summed E-state index contributed by atoms with van der Waals surface area (Å²) >= 11 is 5.86. The highest BCUT2D eigenvalue weighted by Crippen LogP contribution is 2.34. The predicted molar refractivity (Wildman–Crippen MR) is 133 cm³/mol. The lowest BCUT2D eigenvalue weighted by molar-refractivity contribution is -0.120. The zero-order valence-electron chi connectivity index (χ0n) is 19.4. The number of anilines is 2. The highest BCUT2D eigenvalue weighted by molar-refractivity contribution is 6.30.